The molecule has 1 unspecified atom stereocenters. The molecule has 5 heteroatoms. The minimum absolute atomic E-state index is 0.0291. The first-order valence-electron chi connectivity index (χ1n) is 6.03. The van der Waals surface area contributed by atoms with Crippen LogP contribution in [-0.4, -0.2) is 22.9 Å². The van der Waals surface area contributed by atoms with Crippen molar-refractivity contribution in [2.45, 2.75) is 40.2 Å². The van der Waals surface area contributed by atoms with Gasteiger partial charge in [0, 0.05) is 16.5 Å². The van der Waals surface area contributed by atoms with Gasteiger partial charge in [0.15, 0.2) is 0 Å². The molecule has 1 aromatic heterocycles. The number of aromatic nitrogens is 1. The maximum Gasteiger partial charge on any atom is 0.224 e. The molecule has 1 rings (SSSR count). The van der Waals surface area contributed by atoms with Crippen LogP contribution in [0.4, 0.5) is 0 Å². The van der Waals surface area contributed by atoms with Crippen molar-refractivity contribution in [2.75, 3.05) is 12.0 Å². The Morgan fingerprint density at radius 3 is 2.56 bits per heavy atom. The number of aryl methyl sites for hydroxylation is 2. The first-order chi connectivity index (χ1) is 8.27. The summed E-state index contributed by atoms with van der Waals surface area (Å²) in [6.45, 7) is 10.0. The van der Waals surface area contributed by atoms with E-state index in [1.54, 1.807) is 23.1 Å². The third-order valence-electron chi connectivity index (χ3n) is 2.86. The Balaban J connectivity index is 2.78. The fourth-order valence-electron chi connectivity index (χ4n) is 1.55. The Labute approximate surface area is 118 Å². The van der Waals surface area contributed by atoms with Crippen molar-refractivity contribution >= 4 is 29.0 Å². The summed E-state index contributed by atoms with van der Waals surface area (Å²) in [5.74, 6) is 0.971. The van der Waals surface area contributed by atoms with Gasteiger partial charge in [-0.05, 0) is 34.0 Å². The van der Waals surface area contributed by atoms with Crippen molar-refractivity contribution in [1.82, 2.24) is 10.3 Å². The summed E-state index contributed by atoms with van der Waals surface area (Å²) in [5, 5.41) is 4.07. The molecule has 1 aromatic rings. The van der Waals surface area contributed by atoms with E-state index >= 15 is 0 Å². The van der Waals surface area contributed by atoms with Crippen molar-refractivity contribution in [3.05, 3.63) is 15.6 Å². The van der Waals surface area contributed by atoms with Crippen LogP contribution in [0.2, 0.25) is 0 Å². The summed E-state index contributed by atoms with van der Waals surface area (Å²) < 4.78 is 0. The quantitative estimate of drug-likeness (QED) is 0.904. The monoisotopic (exact) mass is 286 g/mol. The third-order valence-corrected chi connectivity index (χ3v) is 5.09. The van der Waals surface area contributed by atoms with Crippen LogP contribution in [0.5, 0.6) is 0 Å². The summed E-state index contributed by atoms with van der Waals surface area (Å²) in [7, 11) is 0. The lowest BCUT2D eigenvalue weighted by Gasteiger charge is -2.25. The number of thiazole rings is 1. The number of amides is 1. The van der Waals surface area contributed by atoms with Crippen molar-refractivity contribution in [3.8, 4) is 0 Å². The lowest BCUT2D eigenvalue weighted by atomic mass is 10.0. The standard InChI is InChI=1S/C13H22N2OS2/c1-8(7-17-6)11(16)15-13(4,5)12-14-9(2)10(3)18-12/h8H,7H2,1-6H3,(H,15,16). The molecule has 0 aliphatic carbocycles. The van der Waals surface area contributed by atoms with Gasteiger partial charge in [-0.15, -0.1) is 11.3 Å². The van der Waals surface area contributed by atoms with E-state index in [2.05, 4.69) is 17.2 Å². The zero-order chi connectivity index (χ0) is 13.9. The van der Waals surface area contributed by atoms with Crippen LogP contribution in [0.3, 0.4) is 0 Å². The Kier molecular flexibility index (Phi) is 5.22. The summed E-state index contributed by atoms with van der Waals surface area (Å²) in [4.78, 5) is 17.8. The third kappa shape index (κ3) is 3.72. The Hall–Kier alpha value is -0.550. The van der Waals surface area contributed by atoms with E-state index in [0.29, 0.717) is 0 Å². The molecule has 3 nitrogen and oxygen atoms in total. The molecule has 0 radical (unpaired) electrons. The zero-order valence-electron chi connectivity index (χ0n) is 12.0. The Morgan fingerprint density at radius 2 is 2.11 bits per heavy atom. The highest BCUT2D eigenvalue weighted by Crippen LogP contribution is 2.27. The highest BCUT2D eigenvalue weighted by Gasteiger charge is 2.28. The van der Waals surface area contributed by atoms with Gasteiger partial charge in [0.2, 0.25) is 5.91 Å². The largest absolute Gasteiger partial charge is 0.344 e. The van der Waals surface area contributed by atoms with E-state index in [9.17, 15) is 4.79 Å². The number of nitrogens with one attached hydrogen (secondary N) is 1. The van der Waals surface area contributed by atoms with Crippen LogP contribution >= 0.6 is 23.1 Å². The predicted molar refractivity (Wildman–Crippen MR) is 80.3 cm³/mol. The first kappa shape index (κ1) is 15.5. The molecule has 1 amide bonds. The number of hydrogen-bond acceptors (Lipinski definition) is 4. The number of hydrogen-bond donors (Lipinski definition) is 1. The zero-order valence-corrected chi connectivity index (χ0v) is 13.6. The number of carbonyl (C=O) groups is 1. The van der Waals surface area contributed by atoms with Crippen LogP contribution in [0, 0.1) is 19.8 Å². The summed E-state index contributed by atoms with van der Waals surface area (Å²) in [6.07, 6.45) is 2.02. The Bertz CT molecular complexity index is 407. The van der Waals surface area contributed by atoms with Gasteiger partial charge in [0.1, 0.15) is 5.01 Å². The average molecular weight is 286 g/mol. The second-order valence-corrected chi connectivity index (χ2v) is 7.25. The topological polar surface area (TPSA) is 42.0 Å². The van der Waals surface area contributed by atoms with Crippen molar-refractivity contribution in [1.29, 1.82) is 0 Å². The lowest BCUT2D eigenvalue weighted by Crippen LogP contribution is -2.44. The van der Waals surface area contributed by atoms with E-state index < -0.39 is 5.54 Å². The molecular weight excluding hydrogens is 264 g/mol. The van der Waals surface area contributed by atoms with Gasteiger partial charge in [-0.2, -0.15) is 11.8 Å². The molecule has 0 saturated heterocycles. The second-order valence-electron chi connectivity index (χ2n) is 5.13. The first-order valence-corrected chi connectivity index (χ1v) is 8.24. The van der Waals surface area contributed by atoms with Gasteiger partial charge in [0.25, 0.3) is 0 Å². The summed E-state index contributed by atoms with van der Waals surface area (Å²) >= 11 is 3.35. The van der Waals surface area contributed by atoms with Gasteiger partial charge in [0.05, 0.1) is 11.2 Å². The van der Waals surface area contributed by atoms with Gasteiger partial charge < -0.3 is 5.32 Å². The minimum atomic E-state index is -0.395. The van der Waals surface area contributed by atoms with E-state index in [-0.39, 0.29) is 11.8 Å². The smallest absolute Gasteiger partial charge is 0.224 e. The lowest BCUT2D eigenvalue weighted by molar-refractivity contribution is -0.125. The number of nitrogens with zero attached hydrogens (tertiary/aromatic N) is 1. The van der Waals surface area contributed by atoms with Gasteiger partial charge >= 0.3 is 0 Å². The summed E-state index contributed by atoms with van der Waals surface area (Å²) in [6, 6.07) is 0. The molecule has 0 spiro atoms. The highest BCUT2D eigenvalue weighted by molar-refractivity contribution is 7.98. The van der Waals surface area contributed by atoms with Crippen LogP contribution in [0.1, 0.15) is 36.3 Å². The fraction of sp³-hybridized carbons (Fsp3) is 0.692. The van der Waals surface area contributed by atoms with Crippen molar-refractivity contribution in [2.24, 2.45) is 5.92 Å². The molecule has 1 N–H and O–H groups in total. The molecule has 0 aromatic carbocycles. The van der Waals surface area contributed by atoms with Crippen molar-refractivity contribution in [3.63, 3.8) is 0 Å². The molecule has 0 aliphatic rings. The molecule has 0 bridgehead atoms. The average Bonchev–Trinajstić information content (AvgIpc) is 2.60. The van der Waals surface area contributed by atoms with Gasteiger partial charge in [-0.1, -0.05) is 6.92 Å². The van der Waals surface area contributed by atoms with Crippen LogP contribution in [-0.2, 0) is 10.3 Å². The molecule has 102 valence electrons. The molecular formula is C13H22N2OS2. The normalized spacial score (nSPS) is 13.4. The minimum Gasteiger partial charge on any atom is -0.344 e. The van der Waals surface area contributed by atoms with Crippen molar-refractivity contribution < 1.29 is 4.79 Å². The van der Waals surface area contributed by atoms with E-state index in [1.165, 1.54) is 4.88 Å². The molecule has 0 fully saturated rings. The number of thioether (sulfide) groups is 1. The van der Waals surface area contributed by atoms with Crippen LogP contribution < -0.4 is 5.32 Å². The molecule has 0 saturated carbocycles. The van der Waals surface area contributed by atoms with Gasteiger partial charge in [-0.25, -0.2) is 4.98 Å². The molecule has 1 heterocycles. The van der Waals surface area contributed by atoms with Gasteiger partial charge in [-0.3, -0.25) is 4.79 Å². The maximum atomic E-state index is 12.1. The van der Waals surface area contributed by atoms with Crippen LogP contribution in [0.25, 0.3) is 0 Å². The molecule has 1 atom stereocenters. The fourth-order valence-corrected chi connectivity index (χ4v) is 3.17. The maximum absolute atomic E-state index is 12.1. The molecule has 0 aliphatic heterocycles. The SMILES string of the molecule is CSCC(C)C(=O)NC(C)(C)c1nc(C)c(C)s1. The van der Waals surface area contributed by atoms with E-state index in [0.717, 1.165) is 16.5 Å². The Morgan fingerprint density at radius 1 is 1.50 bits per heavy atom. The summed E-state index contributed by atoms with van der Waals surface area (Å²) in [5.41, 5.74) is 0.655. The highest BCUT2D eigenvalue weighted by atomic mass is 32.2. The van der Waals surface area contributed by atoms with Crippen LogP contribution in [0.15, 0.2) is 0 Å². The second kappa shape index (κ2) is 6.06. The predicted octanol–water partition coefficient (Wildman–Crippen LogP) is 3.11. The van der Waals surface area contributed by atoms with E-state index in [1.807, 2.05) is 34.0 Å². The number of rotatable bonds is 5. The van der Waals surface area contributed by atoms with E-state index in [4.69, 9.17) is 0 Å². The molecule has 18 heavy (non-hydrogen) atoms. The number of carbonyl (C=O) groups excluding carboxylic acids is 1.